The molecular weight excluding hydrogens is 288 g/mol. The van der Waals surface area contributed by atoms with Crippen LogP contribution in [-0.4, -0.2) is 21.8 Å². The van der Waals surface area contributed by atoms with Crippen molar-refractivity contribution in [2.45, 2.75) is 96.6 Å². The van der Waals surface area contributed by atoms with E-state index in [1.54, 1.807) is 0 Å². The van der Waals surface area contributed by atoms with E-state index < -0.39 is 8.56 Å². The Morgan fingerprint density at radius 3 is 2.14 bits per heavy atom. The second-order valence-electron chi connectivity index (χ2n) is 7.93. The first-order chi connectivity index (χ1) is 10.6. The van der Waals surface area contributed by atoms with Gasteiger partial charge in [0, 0.05) is 24.3 Å². The Morgan fingerprint density at radius 2 is 1.55 bits per heavy atom. The van der Waals surface area contributed by atoms with Gasteiger partial charge in [-0.05, 0) is 50.9 Å². The Bertz CT molecular complexity index is 315. The first-order valence-electron chi connectivity index (χ1n) is 9.90. The fraction of sp³-hybridized carbons (Fsp3) is 1.00. The first kappa shape index (κ1) is 18.5. The Hall–Kier alpha value is 0.137. The van der Waals surface area contributed by atoms with Crippen LogP contribution in [0.5, 0.6) is 0 Å². The van der Waals surface area contributed by atoms with Gasteiger partial charge in [0.2, 0.25) is 0 Å². The van der Waals surface area contributed by atoms with Gasteiger partial charge in [0.15, 0.2) is 0 Å². The Kier molecular flexibility index (Phi) is 7.42. The van der Waals surface area contributed by atoms with Gasteiger partial charge < -0.3 is 8.85 Å². The van der Waals surface area contributed by atoms with Gasteiger partial charge in [0.25, 0.3) is 0 Å². The molecule has 130 valence electrons. The van der Waals surface area contributed by atoms with Crippen LogP contribution in [0.15, 0.2) is 0 Å². The number of rotatable bonds is 7. The van der Waals surface area contributed by atoms with Gasteiger partial charge in [-0.1, -0.05) is 46.5 Å². The van der Waals surface area contributed by atoms with Gasteiger partial charge in [-0.2, -0.15) is 0 Å². The van der Waals surface area contributed by atoms with Gasteiger partial charge in [0.1, 0.15) is 0 Å². The summed E-state index contributed by atoms with van der Waals surface area (Å²) in [4.78, 5) is 0. The average Bonchev–Trinajstić information content (AvgIpc) is 2.52. The molecule has 2 aliphatic rings. The minimum Gasteiger partial charge on any atom is -0.394 e. The van der Waals surface area contributed by atoms with E-state index in [4.69, 9.17) is 8.85 Å². The number of hydrogen-bond donors (Lipinski definition) is 0. The summed E-state index contributed by atoms with van der Waals surface area (Å²) in [5.41, 5.74) is 1.48. The van der Waals surface area contributed by atoms with Crippen LogP contribution in [0.3, 0.4) is 0 Å². The van der Waals surface area contributed by atoms with Crippen molar-refractivity contribution in [1.29, 1.82) is 0 Å². The Labute approximate surface area is 139 Å². The predicted octanol–water partition coefficient (Wildman–Crippen LogP) is 6.05. The molecule has 0 aromatic rings. The maximum Gasteiger partial charge on any atom is 0.344 e. The molecule has 0 aromatic heterocycles. The van der Waals surface area contributed by atoms with E-state index >= 15 is 0 Å². The topological polar surface area (TPSA) is 18.5 Å². The largest absolute Gasteiger partial charge is 0.394 e. The van der Waals surface area contributed by atoms with Crippen molar-refractivity contribution < 1.29 is 8.85 Å². The zero-order valence-corrected chi connectivity index (χ0v) is 16.4. The summed E-state index contributed by atoms with van der Waals surface area (Å²) >= 11 is 0. The van der Waals surface area contributed by atoms with Crippen molar-refractivity contribution in [2.75, 3.05) is 13.2 Å². The number of hydrogen-bond acceptors (Lipinski definition) is 2. The van der Waals surface area contributed by atoms with Gasteiger partial charge in [0.05, 0.1) is 0 Å². The van der Waals surface area contributed by atoms with Crippen molar-refractivity contribution in [1.82, 2.24) is 0 Å². The standard InChI is InChI=1S/C19H38O2Si/c1-5-14-21-22(20-6-2,18-12-10-16(3)11-13-18)19-9-7-8-17(4)15-19/h16-19H,5-15H2,1-4H3. The molecule has 0 radical (unpaired) electrons. The lowest BCUT2D eigenvalue weighted by atomic mass is 9.90. The van der Waals surface area contributed by atoms with E-state index in [0.717, 1.165) is 42.6 Å². The summed E-state index contributed by atoms with van der Waals surface area (Å²) in [7, 11) is -2.09. The molecule has 0 aromatic carbocycles. The average molecular weight is 327 g/mol. The molecule has 22 heavy (non-hydrogen) atoms. The van der Waals surface area contributed by atoms with Crippen LogP contribution in [0.4, 0.5) is 0 Å². The van der Waals surface area contributed by atoms with Crippen LogP contribution in [0.1, 0.15) is 85.5 Å². The molecule has 2 aliphatic carbocycles. The van der Waals surface area contributed by atoms with E-state index in [1.807, 2.05) is 0 Å². The van der Waals surface area contributed by atoms with Crippen molar-refractivity contribution in [3.63, 3.8) is 0 Å². The van der Waals surface area contributed by atoms with Crippen LogP contribution < -0.4 is 0 Å². The molecule has 3 atom stereocenters. The molecule has 0 spiro atoms. The smallest absolute Gasteiger partial charge is 0.344 e. The third kappa shape index (κ3) is 4.36. The lowest BCUT2D eigenvalue weighted by molar-refractivity contribution is 0.132. The van der Waals surface area contributed by atoms with Gasteiger partial charge in [-0.15, -0.1) is 0 Å². The fourth-order valence-corrected chi connectivity index (χ4v) is 9.94. The highest BCUT2D eigenvalue weighted by Gasteiger charge is 2.53. The molecule has 0 amide bonds. The van der Waals surface area contributed by atoms with Crippen LogP contribution in [0.2, 0.25) is 11.1 Å². The van der Waals surface area contributed by atoms with Crippen molar-refractivity contribution in [2.24, 2.45) is 11.8 Å². The summed E-state index contributed by atoms with van der Waals surface area (Å²) in [5, 5.41) is 0. The van der Waals surface area contributed by atoms with Crippen LogP contribution >= 0.6 is 0 Å². The van der Waals surface area contributed by atoms with E-state index in [9.17, 15) is 0 Å². The monoisotopic (exact) mass is 326 g/mol. The second-order valence-corrected chi connectivity index (χ2v) is 11.6. The predicted molar refractivity (Wildman–Crippen MR) is 96.4 cm³/mol. The minimum atomic E-state index is -2.09. The van der Waals surface area contributed by atoms with E-state index in [1.165, 1.54) is 51.4 Å². The van der Waals surface area contributed by atoms with Gasteiger partial charge in [-0.25, -0.2) is 0 Å². The summed E-state index contributed by atoms with van der Waals surface area (Å²) in [6, 6.07) is 0. The fourth-order valence-electron chi connectivity index (χ4n) is 4.80. The first-order valence-corrected chi connectivity index (χ1v) is 11.9. The lowest BCUT2D eigenvalue weighted by Crippen LogP contribution is -2.53. The molecule has 0 aliphatic heterocycles. The zero-order chi connectivity index (χ0) is 16.0. The maximum atomic E-state index is 6.70. The normalized spacial score (nSPS) is 36.0. The van der Waals surface area contributed by atoms with Gasteiger partial charge in [-0.3, -0.25) is 0 Å². The highest BCUT2D eigenvalue weighted by molar-refractivity contribution is 6.70. The molecule has 2 nitrogen and oxygen atoms in total. The summed E-state index contributed by atoms with van der Waals surface area (Å²) < 4.78 is 13.3. The second kappa shape index (κ2) is 8.84. The highest BCUT2D eigenvalue weighted by Crippen LogP contribution is 2.51. The highest BCUT2D eigenvalue weighted by atomic mass is 28.4. The zero-order valence-electron chi connectivity index (χ0n) is 15.4. The van der Waals surface area contributed by atoms with Crippen molar-refractivity contribution in [3.05, 3.63) is 0 Å². The maximum absolute atomic E-state index is 6.70. The molecule has 2 fully saturated rings. The third-order valence-electron chi connectivity index (χ3n) is 5.99. The van der Waals surface area contributed by atoms with Crippen molar-refractivity contribution in [3.8, 4) is 0 Å². The van der Waals surface area contributed by atoms with Crippen molar-refractivity contribution >= 4 is 8.56 Å². The molecule has 2 saturated carbocycles. The summed E-state index contributed by atoms with van der Waals surface area (Å²) in [6.07, 6.45) is 12.1. The molecule has 0 bridgehead atoms. The van der Waals surface area contributed by atoms with E-state index in [0.29, 0.717) is 0 Å². The Balaban J connectivity index is 2.19. The van der Waals surface area contributed by atoms with Crippen LogP contribution in [0, 0.1) is 11.8 Å². The molecule has 2 rings (SSSR count). The third-order valence-corrected chi connectivity index (χ3v) is 10.8. The molecule has 3 heteroatoms. The van der Waals surface area contributed by atoms with Crippen LogP contribution in [-0.2, 0) is 8.85 Å². The summed E-state index contributed by atoms with van der Waals surface area (Å²) in [5.74, 6) is 1.76. The summed E-state index contributed by atoms with van der Waals surface area (Å²) in [6.45, 7) is 11.0. The van der Waals surface area contributed by atoms with E-state index in [-0.39, 0.29) is 0 Å². The van der Waals surface area contributed by atoms with Gasteiger partial charge >= 0.3 is 8.56 Å². The molecule has 0 N–H and O–H groups in total. The molecular formula is C19H38O2Si. The quantitative estimate of drug-likeness (QED) is 0.530. The van der Waals surface area contributed by atoms with Crippen LogP contribution in [0.25, 0.3) is 0 Å². The lowest BCUT2D eigenvalue weighted by Gasteiger charge is -2.47. The Morgan fingerprint density at radius 1 is 0.818 bits per heavy atom. The minimum absolute atomic E-state index is 0.737. The molecule has 3 unspecified atom stereocenters. The van der Waals surface area contributed by atoms with E-state index in [2.05, 4.69) is 27.7 Å². The molecule has 0 heterocycles. The molecule has 0 saturated heterocycles. The SMILES string of the molecule is CCCO[Si](OCC)(C1CCC(C)CC1)C1CCCC(C)C1.